The molecule has 2 aromatic carbocycles. The van der Waals surface area contributed by atoms with Crippen molar-refractivity contribution in [3.05, 3.63) is 81.6 Å². The number of ether oxygens (including phenoxy) is 1. The zero-order valence-electron chi connectivity index (χ0n) is 17.4. The van der Waals surface area contributed by atoms with Gasteiger partial charge in [0.05, 0.1) is 22.3 Å². The van der Waals surface area contributed by atoms with E-state index in [2.05, 4.69) is 10.3 Å². The molecule has 0 saturated carbocycles. The molecule has 0 bridgehead atoms. The number of nitrogens with one attached hydrogen (secondary N) is 1. The van der Waals surface area contributed by atoms with Crippen molar-refractivity contribution in [2.45, 2.75) is 43.6 Å². The molecular formula is C23H23FN2O3S2. The smallest absolute Gasteiger partial charge is 0.338 e. The van der Waals surface area contributed by atoms with Crippen molar-refractivity contribution in [1.82, 2.24) is 10.3 Å². The molecule has 0 spiro atoms. The third-order valence-electron chi connectivity index (χ3n) is 4.53. The molecule has 1 N–H and O–H groups in total. The fourth-order valence-electron chi connectivity index (χ4n) is 2.77. The van der Waals surface area contributed by atoms with Crippen LogP contribution >= 0.6 is 23.1 Å². The number of aromatic nitrogens is 1. The number of hydrogen-bond acceptors (Lipinski definition) is 6. The summed E-state index contributed by atoms with van der Waals surface area (Å²) in [5.74, 6) is -0.565. The number of benzene rings is 2. The van der Waals surface area contributed by atoms with E-state index in [1.807, 2.05) is 24.4 Å². The van der Waals surface area contributed by atoms with E-state index < -0.39 is 18.0 Å². The van der Waals surface area contributed by atoms with Crippen LogP contribution in [0.3, 0.4) is 0 Å². The molecule has 0 fully saturated rings. The zero-order valence-corrected chi connectivity index (χ0v) is 19.1. The number of esters is 1. The minimum absolute atomic E-state index is 0.341. The Morgan fingerprint density at radius 1 is 1.13 bits per heavy atom. The molecule has 0 aliphatic carbocycles. The fourth-order valence-corrected chi connectivity index (χ4v) is 4.28. The second-order valence-corrected chi connectivity index (χ2v) is 9.11. The van der Waals surface area contributed by atoms with Gasteiger partial charge >= 0.3 is 5.97 Å². The second kappa shape index (κ2) is 10.5. The van der Waals surface area contributed by atoms with E-state index in [4.69, 9.17) is 4.74 Å². The van der Waals surface area contributed by atoms with Crippen molar-refractivity contribution in [2.24, 2.45) is 0 Å². The van der Waals surface area contributed by atoms with Gasteiger partial charge in [-0.2, -0.15) is 0 Å². The Labute approximate surface area is 189 Å². The molecule has 5 nitrogen and oxygen atoms in total. The van der Waals surface area contributed by atoms with Gasteiger partial charge in [-0.05, 0) is 62.7 Å². The molecule has 31 heavy (non-hydrogen) atoms. The van der Waals surface area contributed by atoms with Crippen LogP contribution in [0.5, 0.6) is 0 Å². The first-order chi connectivity index (χ1) is 14.8. The number of rotatable bonds is 8. The number of nitrogens with zero attached hydrogens (tertiary/aromatic N) is 1. The third-order valence-corrected chi connectivity index (χ3v) is 6.39. The molecule has 1 heterocycles. The number of carbonyl (C=O) groups is 2. The van der Waals surface area contributed by atoms with Crippen LogP contribution in [0.25, 0.3) is 0 Å². The highest BCUT2D eigenvalue weighted by atomic mass is 32.2. The maximum absolute atomic E-state index is 13.0. The van der Waals surface area contributed by atoms with Crippen LogP contribution in [-0.2, 0) is 15.3 Å². The van der Waals surface area contributed by atoms with Crippen molar-refractivity contribution in [2.75, 3.05) is 0 Å². The molecule has 2 unspecified atom stereocenters. The number of thiazole rings is 1. The third kappa shape index (κ3) is 6.63. The minimum Gasteiger partial charge on any atom is -0.449 e. The first kappa shape index (κ1) is 23.0. The number of halogens is 1. The Kier molecular flexibility index (Phi) is 7.81. The van der Waals surface area contributed by atoms with Gasteiger partial charge in [0.25, 0.3) is 5.91 Å². The number of thioether (sulfide) groups is 1. The van der Waals surface area contributed by atoms with Crippen LogP contribution < -0.4 is 5.32 Å². The second-order valence-electron chi connectivity index (χ2n) is 7.00. The summed E-state index contributed by atoms with van der Waals surface area (Å²) in [6.07, 6.45) is -0.961. The van der Waals surface area contributed by atoms with Gasteiger partial charge in [0, 0.05) is 16.0 Å². The normalized spacial score (nSPS) is 12.8. The SMILES string of the molecule is Cc1nc(CSc2ccc(C(=O)OC(C)C(=O)NC(C)c3ccc(F)cc3)cc2)cs1. The predicted octanol–water partition coefficient (Wildman–Crippen LogP) is 5.31. The molecule has 0 aliphatic rings. The van der Waals surface area contributed by atoms with Gasteiger partial charge in [0.2, 0.25) is 0 Å². The average Bonchev–Trinajstić information content (AvgIpc) is 3.18. The monoisotopic (exact) mass is 458 g/mol. The highest BCUT2D eigenvalue weighted by molar-refractivity contribution is 7.98. The van der Waals surface area contributed by atoms with E-state index >= 15 is 0 Å². The largest absolute Gasteiger partial charge is 0.449 e. The van der Waals surface area contributed by atoms with Crippen LogP contribution in [0.15, 0.2) is 58.8 Å². The van der Waals surface area contributed by atoms with Gasteiger partial charge in [-0.25, -0.2) is 14.2 Å². The Bertz CT molecular complexity index is 1040. The van der Waals surface area contributed by atoms with Crippen molar-refractivity contribution < 1.29 is 18.7 Å². The molecule has 0 aliphatic heterocycles. The van der Waals surface area contributed by atoms with Gasteiger partial charge in [0.1, 0.15) is 5.82 Å². The summed E-state index contributed by atoms with van der Waals surface area (Å²) in [5, 5.41) is 5.85. The van der Waals surface area contributed by atoms with Gasteiger partial charge < -0.3 is 10.1 Å². The maximum Gasteiger partial charge on any atom is 0.338 e. The van der Waals surface area contributed by atoms with Crippen LogP contribution in [-0.4, -0.2) is 23.0 Å². The van der Waals surface area contributed by atoms with E-state index in [-0.39, 0.29) is 11.9 Å². The summed E-state index contributed by atoms with van der Waals surface area (Å²) in [5.41, 5.74) is 2.17. The summed E-state index contributed by atoms with van der Waals surface area (Å²) >= 11 is 3.26. The van der Waals surface area contributed by atoms with Gasteiger partial charge in [0.15, 0.2) is 6.10 Å². The maximum atomic E-state index is 13.0. The van der Waals surface area contributed by atoms with Gasteiger partial charge in [-0.15, -0.1) is 23.1 Å². The lowest BCUT2D eigenvalue weighted by Gasteiger charge is -2.18. The van der Waals surface area contributed by atoms with Gasteiger partial charge in [-0.1, -0.05) is 12.1 Å². The molecule has 8 heteroatoms. The highest BCUT2D eigenvalue weighted by Crippen LogP contribution is 2.24. The molecule has 3 rings (SSSR count). The lowest BCUT2D eigenvalue weighted by atomic mass is 10.1. The lowest BCUT2D eigenvalue weighted by molar-refractivity contribution is -0.129. The van der Waals surface area contributed by atoms with E-state index in [1.165, 1.54) is 19.1 Å². The van der Waals surface area contributed by atoms with Crippen molar-refractivity contribution >= 4 is 35.0 Å². The average molecular weight is 459 g/mol. The van der Waals surface area contributed by atoms with Crippen LogP contribution in [0.1, 0.15) is 46.5 Å². The Hall–Kier alpha value is -2.71. The zero-order chi connectivity index (χ0) is 22.4. The molecule has 1 aromatic heterocycles. The Morgan fingerprint density at radius 3 is 2.42 bits per heavy atom. The van der Waals surface area contributed by atoms with Crippen molar-refractivity contribution in [3.63, 3.8) is 0 Å². The topological polar surface area (TPSA) is 68.3 Å². The predicted molar refractivity (Wildman–Crippen MR) is 121 cm³/mol. The molecule has 2 atom stereocenters. The van der Waals surface area contributed by atoms with E-state index in [9.17, 15) is 14.0 Å². The first-order valence-electron chi connectivity index (χ1n) is 9.72. The van der Waals surface area contributed by atoms with Crippen molar-refractivity contribution in [1.29, 1.82) is 0 Å². The Balaban J connectivity index is 1.50. The molecule has 1 amide bonds. The molecule has 3 aromatic rings. The summed E-state index contributed by atoms with van der Waals surface area (Å²) < 4.78 is 18.3. The quantitative estimate of drug-likeness (QED) is 0.366. The number of amides is 1. The van der Waals surface area contributed by atoms with Crippen LogP contribution in [0, 0.1) is 12.7 Å². The molecular weight excluding hydrogens is 435 g/mol. The lowest BCUT2D eigenvalue weighted by Crippen LogP contribution is -2.37. The van der Waals surface area contributed by atoms with E-state index in [1.54, 1.807) is 54.3 Å². The number of hydrogen-bond donors (Lipinski definition) is 1. The van der Waals surface area contributed by atoms with E-state index in [0.29, 0.717) is 5.56 Å². The Morgan fingerprint density at radius 2 is 1.81 bits per heavy atom. The minimum atomic E-state index is -0.961. The van der Waals surface area contributed by atoms with E-state index in [0.717, 1.165) is 26.9 Å². The summed E-state index contributed by atoms with van der Waals surface area (Å²) in [6, 6.07) is 12.6. The fraction of sp³-hybridized carbons (Fsp3) is 0.261. The van der Waals surface area contributed by atoms with Crippen molar-refractivity contribution in [3.8, 4) is 0 Å². The first-order valence-corrected chi connectivity index (χ1v) is 11.6. The van der Waals surface area contributed by atoms with Crippen LogP contribution in [0.4, 0.5) is 4.39 Å². The molecule has 0 saturated heterocycles. The number of carbonyl (C=O) groups excluding carboxylic acids is 2. The summed E-state index contributed by atoms with van der Waals surface area (Å²) in [6.45, 7) is 5.28. The molecule has 0 radical (unpaired) electrons. The summed E-state index contributed by atoms with van der Waals surface area (Å²) in [7, 11) is 0. The summed E-state index contributed by atoms with van der Waals surface area (Å²) in [4.78, 5) is 30.2. The van der Waals surface area contributed by atoms with Gasteiger partial charge in [-0.3, -0.25) is 4.79 Å². The molecule has 162 valence electrons. The standard InChI is InChI=1S/C23H23FN2O3S2/c1-14(17-4-8-19(24)9-5-17)25-22(27)15(2)29-23(28)18-6-10-21(11-7-18)31-13-20-12-30-16(3)26-20/h4-12,14-15H,13H2,1-3H3,(H,25,27). The van der Waals surface area contributed by atoms with Crippen LogP contribution in [0.2, 0.25) is 0 Å². The highest BCUT2D eigenvalue weighted by Gasteiger charge is 2.21. The number of aryl methyl sites for hydroxylation is 1.